The van der Waals surface area contributed by atoms with Crippen molar-refractivity contribution in [2.75, 3.05) is 0 Å². The first-order valence-corrected chi connectivity index (χ1v) is 9.09. The van der Waals surface area contributed by atoms with E-state index in [9.17, 15) is 9.59 Å². The molecule has 0 unspecified atom stereocenters. The minimum Gasteiger partial charge on any atom is -0.347 e. The van der Waals surface area contributed by atoms with Crippen LogP contribution < -0.4 is 5.32 Å². The van der Waals surface area contributed by atoms with Gasteiger partial charge in [-0.1, -0.05) is 39.0 Å². The molecule has 2 atom stereocenters. The van der Waals surface area contributed by atoms with Gasteiger partial charge in [0.25, 0.3) is 11.7 Å². The molecule has 0 radical (unpaired) electrons. The zero-order valence-corrected chi connectivity index (χ0v) is 15.8. The number of fused-ring (bicyclic) bond motifs is 1. The monoisotopic (exact) mass is 340 g/mol. The van der Waals surface area contributed by atoms with E-state index in [0.717, 1.165) is 35.9 Å². The average molecular weight is 340 g/mol. The number of hydrogen-bond acceptors (Lipinski definition) is 2. The first-order valence-electron chi connectivity index (χ1n) is 9.09. The fourth-order valence-electron chi connectivity index (χ4n) is 4.63. The van der Waals surface area contributed by atoms with Gasteiger partial charge in [0.1, 0.15) is 0 Å². The van der Waals surface area contributed by atoms with Crippen molar-refractivity contribution in [3.8, 4) is 0 Å². The molecule has 0 aliphatic heterocycles. The molecule has 0 spiro atoms. The summed E-state index contributed by atoms with van der Waals surface area (Å²) in [6.07, 6.45) is 3.03. The van der Waals surface area contributed by atoms with E-state index in [1.165, 1.54) is 0 Å². The van der Waals surface area contributed by atoms with Gasteiger partial charge in [0.05, 0.1) is 5.56 Å². The highest BCUT2D eigenvalue weighted by Gasteiger charge is 2.34. The number of rotatable bonds is 3. The smallest absolute Gasteiger partial charge is 0.292 e. The molecule has 2 aromatic rings. The minimum atomic E-state index is -0.477. The van der Waals surface area contributed by atoms with Crippen molar-refractivity contribution in [2.45, 2.75) is 53.0 Å². The first kappa shape index (κ1) is 17.7. The fourth-order valence-corrected chi connectivity index (χ4v) is 4.63. The summed E-state index contributed by atoms with van der Waals surface area (Å²) in [5.74, 6) is -0.344. The molecule has 1 aliphatic rings. The second kappa shape index (κ2) is 6.32. The highest BCUT2D eigenvalue weighted by Crippen LogP contribution is 2.38. The summed E-state index contributed by atoms with van der Waals surface area (Å²) in [4.78, 5) is 25.5. The first-order chi connectivity index (χ1) is 11.7. The molecular formula is C21H28N2O2. The molecule has 1 heterocycles. The predicted octanol–water partition coefficient (Wildman–Crippen LogP) is 4.00. The lowest BCUT2D eigenvalue weighted by Crippen LogP contribution is -2.45. The molecule has 0 bridgehead atoms. The largest absolute Gasteiger partial charge is 0.347 e. The predicted molar refractivity (Wildman–Crippen MR) is 101 cm³/mol. The third kappa shape index (κ3) is 3.35. The van der Waals surface area contributed by atoms with Crippen molar-refractivity contribution in [1.29, 1.82) is 0 Å². The molecule has 1 saturated carbocycles. The van der Waals surface area contributed by atoms with Crippen LogP contribution in [0.5, 0.6) is 0 Å². The van der Waals surface area contributed by atoms with Crippen molar-refractivity contribution >= 4 is 22.6 Å². The van der Waals surface area contributed by atoms with Crippen LogP contribution in [0, 0.1) is 18.3 Å². The molecule has 1 aromatic carbocycles. The summed E-state index contributed by atoms with van der Waals surface area (Å²) in [7, 11) is 1.93. The molecule has 1 aliphatic carbocycles. The molecule has 3 rings (SSSR count). The Morgan fingerprint density at radius 1 is 1.20 bits per heavy atom. The van der Waals surface area contributed by atoms with Gasteiger partial charge in [0, 0.05) is 29.7 Å². The van der Waals surface area contributed by atoms with E-state index < -0.39 is 11.7 Å². The van der Waals surface area contributed by atoms with E-state index in [0.29, 0.717) is 11.5 Å². The summed E-state index contributed by atoms with van der Waals surface area (Å²) in [5, 5.41) is 3.85. The Labute approximate surface area is 149 Å². The van der Waals surface area contributed by atoms with Crippen LogP contribution in [0.4, 0.5) is 0 Å². The van der Waals surface area contributed by atoms with E-state index >= 15 is 0 Å². The summed E-state index contributed by atoms with van der Waals surface area (Å²) >= 11 is 0. The van der Waals surface area contributed by atoms with Gasteiger partial charge in [0.2, 0.25) is 0 Å². The maximum Gasteiger partial charge on any atom is 0.292 e. The van der Waals surface area contributed by atoms with Gasteiger partial charge in [0.15, 0.2) is 0 Å². The van der Waals surface area contributed by atoms with Crippen LogP contribution in [-0.2, 0) is 11.8 Å². The Morgan fingerprint density at radius 2 is 1.88 bits per heavy atom. The van der Waals surface area contributed by atoms with Crippen LogP contribution in [0.15, 0.2) is 24.3 Å². The summed E-state index contributed by atoms with van der Waals surface area (Å²) < 4.78 is 1.97. The molecule has 1 N–H and O–H groups in total. The molecule has 25 heavy (non-hydrogen) atoms. The zero-order chi connectivity index (χ0) is 18.4. The van der Waals surface area contributed by atoms with Crippen LogP contribution in [0.1, 0.15) is 56.1 Å². The number of amides is 1. The van der Waals surface area contributed by atoms with E-state index in [-0.39, 0.29) is 11.5 Å². The number of carbonyl (C=O) groups is 2. The van der Waals surface area contributed by atoms with E-state index in [2.05, 4.69) is 26.1 Å². The minimum absolute atomic E-state index is 0.0745. The normalized spacial score (nSPS) is 22.8. The summed E-state index contributed by atoms with van der Waals surface area (Å²) in [6.45, 7) is 8.58. The number of benzene rings is 1. The number of ketones is 1. The summed E-state index contributed by atoms with van der Waals surface area (Å²) in [5.41, 5.74) is 2.54. The van der Waals surface area contributed by atoms with Gasteiger partial charge in [-0.2, -0.15) is 0 Å². The Balaban J connectivity index is 1.84. The molecule has 4 heteroatoms. The average Bonchev–Trinajstić information content (AvgIpc) is 2.76. The Kier molecular flexibility index (Phi) is 4.48. The van der Waals surface area contributed by atoms with Crippen molar-refractivity contribution < 1.29 is 9.59 Å². The van der Waals surface area contributed by atoms with Crippen LogP contribution >= 0.6 is 0 Å². The Hall–Kier alpha value is -2.10. The molecule has 1 fully saturated rings. The molecule has 1 amide bonds. The fraction of sp³-hybridized carbons (Fsp3) is 0.524. The zero-order valence-electron chi connectivity index (χ0n) is 15.8. The Morgan fingerprint density at radius 3 is 2.56 bits per heavy atom. The van der Waals surface area contributed by atoms with Crippen molar-refractivity contribution in [1.82, 2.24) is 9.88 Å². The van der Waals surface area contributed by atoms with Crippen LogP contribution in [0.25, 0.3) is 10.9 Å². The maximum atomic E-state index is 12.9. The molecule has 4 nitrogen and oxygen atoms in total. The number of para-hydroxylation sites is 1. The quantitative estimate of drug-likeness (QED) is 0.678. The van der Waals surface area contributed by atoms with E-state index in [1.807, 2.05) is 42.8 Å². The van der Waals surface area contributed by atoms with Crippen LogP contribution in [0.2, 0.25) is 0 Å². The lowest BCUT2D eigenvalue weighted by molar-refractivity contribution is -0.118. The van der Waals surface area contributed by atoms with Crippen molar-refractivity contribution in [3.63, 3.8) is 0 Å². The SMILES string of the molecule is Cc1c(C(=O)C(=O)N[C@@H]2C[C@H](C)CC(C)(C)C2)c2ccccc2n1C. The topological polar surface area (TPSA) is 51.1 Å². The van der Waals surface area contributed by atoms with E-state index in [4.69, 9.17) is 0 Å². The molecular weight excluding hydrogens is 312 g/mol. The number of aryl methyl sites for hydroxylation is 1. The highest BCUT2D eigenvalue weighted by molar-refractivity contribution is 6.45. The third-order valence-corrected chi connectivity index (χ3v) is 5.56. The van der Waals surface area contributed by atoms with Gasteiger partial charge < -0.3 is 9.88 Å². The standard InChI is InChI=1S/C21H28N2O2/c1-13-10-15(12-21(3,4)11-13)22-20(25)19(24)18-14(2)23(5)17-9-7-6-8-16(17)18/h6-9,13,15H,10-12H2,1-5H3,(H,22,25)/t13-,15+/m0/s1. The van der Waals surface area contributed by atoms with Gasteiger partial charge in [-0.3, -0.25) is 9.59 Å². The Bertz CT molecular complexity index is 832. The second-order valence-corrected chi connectivity index (χ2v) is 8.45. The number of Topliss-reactive ketones (excluding diaryl/α,β-unsaturated/α-hetero) is 1. The van der Waals surface area contributed by atoms with Crippen LogP contribution in [0.3, 0.4) is 0 Å². The number of hydrogen-bond donors (Lipinski definition) is 1. The highest BCUT2D eigenvalue weighted by atomic mass is 16.2. The second-order valence-electron chi connectivity index (χ2n) is 8.45. The molecule has 134 valence electrons. The number of nitrogens with one attached hydrogen (secondary N) is 1. The third-order valence-electron chi connectivity index (χ3n) is 5.56. The number of carbonyl (C=O) groups excluding carboxylic acids is 2. The van der Waals surface area contributed by atoms with E-state index in [1.54, 1.807) is 0 Å². The number of nitrogens with zero attached hydrogens (tertiary/aromatic N) is 1. The van der Waals surface area contributed by atoms with Gasteiger partial charge >= 0.3 is 0 Å². The van der Waals surface area contributed by atoms with Gasteiger partial charge in [-0.25, -0.2) is 0 Å². The van der Waals surface area contributed by atoms with Crippen molar-refractivity contribution in [3.05, 3.63) is 35.5 Å². The molecule has 1 aromatic heterocycles. The van der Waals surface area contributed by atoms with Gasteiger partial charge in [-0.05, 0) is 43.6 Å². The lowest BCUT2D eigenvalue weighted by atomic mass is 9.70. The molecule has 0 saturated heterocycles. The maximum absolute atomic E-state index is 12.9. The van der Waals surface area contributed by atoms with Gasteiger partial charge in [-0.15, -0.1) is 0 Å². The van der Waals surface area contributed by atoms with Crippen molar-refractivity contribution in [2.24, 2.45) is 18.4 Å². The number of aromatic nitrogens is 1. The van der Waals surface area contributed by atoms with Crippen LogP contribution in [-0.4, -0.2) is 22.3 Å². The lowest BCUT2D eigenvalue weighted by Gasteiger charge is -2.39. The summed E-state index contributed by atoms with van der Waals surface area (Å²) in [6, 6.07) is 7.81.